The third-order valence-electron chi connectivity index (χ3n) is 3.49. The fraction of sp³-hybridized carbons (Fsp3) is 0.786. The average molecular weight is 353 g/mol. The smallest absolute Gasteiger partial charge is 0.261 e. The second-order valence-electron chi connectivity index (χ2n) is 6.33. The van der Waals surface area contributed by atoms with Crippen molar-refractivity contribution in [1.82, 2.24) is 13.9 Å². The molecule has 0 radical (unpaired) electrons. The van der Waals surface area contributed by atoms with Crippen LogP contribution in [-0.2, 0) is 16.6 Å². The third-order valence-corrected chi connectivity index (χ3v) is 5.24. The maximum absolute atomic E-state index is 12.4. The molecule has 1 aromatic heterocycles. The molecule has 1 aromatic rings. The highest BCUT2D eigenvalue weighted by Crippen LogP contribution is 2.14. The minimum Gasteiger partial charge on any atom is -0.336 e. The Kier molecular flexibility index (Phi) is 8.61. The van der Waals surface area contributed by atoms with E-state index in [2.05, 4.69) is 18.8 Å². The highest BCUT2D eigenvalue weighted by Gasteiger charge is 2.24. The lowest BCUT2D eigenvalue weighted by Gasteiger charge is -2.20. The highest BCUT2D eigenvalue weighted by molar-refractivity contribution is 7.89. The van der Waals surface area contributed by atoms with Gasteiger partial charge in [-0.1, -0.05) is 27.7 Å². The van der Waals surface area contributed by atoms with Crippen LogP contribution >= 0.6 is 12.4 Å². The maximum atomic E-state index is 12.4. The quantitative estimate of drug-likeness (QED) is 0.775. The van der Waals surface area contributed by atoms with E-state index in [1.165, 1.54) is 4.31 Å². The Hall–Kier alpha value is -0.630. The molecule has 0 saturated heterocycles. The first-order valence-electron chi connectivity index (χ1n) is 7.38. The second-order valence-corrected chi connectivity index (χ2v) is 8.32. The van der Waals surface area contributed by atoms with E-state index in [4.69, 9.17) is 5.73 Å². The molecule has 6 nitrogen and oxygen atoms in total. The molecular formula is C14H29ClN4O2S. The fourth-order valence-corrected chi connectivity index (χ4v) is 3.05. The SMILES string of the molecule is CC(C)Cn1cnc(S(=O)(=O)N(C)CCC(N)C(C)C)c1.Cl. The molecule has 22 heavy (non-hydrogen) atoms. The molecular weight excluding hydrogens is 324 g/mol. The predicted molar refractivity (Wildman–Crippen MR) is 91.6 cm³/mol. The van der Waals surface area contributed by atoms with Gasteiger partial charge in [0.15, 0.2) is 5.03 Å². The summed E-state index contributed by atoms with van der Waals surface area (Å²) in [5, 5.41) is 0.101. The summed E-state index contributed by atoms with van der Waals surface area (Å²) in [4.78, 5) is 4.03. The zero-order valence-corrected chi connectivity index (χ0v) is 15.7. The van der Waals surface area contributed by atoms with Gasteiger partial charge in [-0.2, -0.15) is 4.31 Å². The summed E-state index contributed by atoms with van der Waals surface area (Å²) in [7, 11) is -1.96. The number of hydrogen-bond acceptors (Lipinski definition) is 4. The minimum absolute atomic E-state index is 0. The molecule has 1 rings (SSSR count). The molecule has 0 aliphatic rings. The van der Waals surface area contributed by atoms with Gasteiger partial charge in [-0.25, -0.2) is 13.4 Å². The molecule has 0 saturated carbocycles. The van der Waals surface area contributed by atoms with Gasteiger partial charge in [-0.15, -0.1) is 12.4 Å². The molecule has 8 heteroatoms. The van der Waals surface area contributed by atoms with Gasteiger partial charge >= 0.3 is 0 Å². The van der Waals surface area contributed by atoms with Gasteiger partial charge in [0.1, 0.15) is 0 Å². The number of hydrogen-bond donors (Lipinski definition) is 1. The van der Waals surface area contributed by atoms with Crippen LogP contribution in [0.4, 0.5) is 0 Å². The first-order chi connectivity index (χ1) is 9.64. The standard InChI is InChI=1S/C14H28N4O2S.ClH/c1-11(2)8-18-9-14(16-10-18)21(19,20)17(5)7-6-13(15)12(3)4;/h9-13H,6-8,15H2,1-5H3;1H. The van der Waals surface area contributed by atoms with Crippen LogP contribution in [0.2, 0.25) is 0 Å². The van der Waals surface area contributed by atoms with Crippen molar-refractivity contribution in [1.29, 1.82) is 0 Å². The van der Waals surface area contributed by atoms with Crippen LogP contribution in [0.25, 0.3) is 0 Å². The Morgan fingerprint density at radius 3 is 2.41 bits per heavy atom. The van der Waals surface area contributed by atoms with Crippen molar-refractivity contribution in [3.63, 3.8) is 0 Å². The number of imidazole rings is 1. The van der Waals surface area contributed by atoms with E-state index < -0.39 is 10.0 Å². The molecule has 0 aliphatic heterocycles. The lowest BCUT2D eigenvalue weighted by molar-refractivity contribution is 0.396. The van der Waals surface area contributed by atoms with Gasteiger partial charge in [-0.05, 0) is 18.3 Å². The zero-order chi connectivity index (χ0) is 16.2. The fourth-order valence-electron chi connectivity index (χ4n) is 1.94. The first-order valence-corrected chi connectivity index (χ1v) is 8.82. The van der Waals surface area contributed by atoms with E-state index >= 15 is 0 Å². The number of halogens is 1. The van der Waals surface area contributed by atoms with Gasteiger partial charge in [0.25, 0.3) is 10.0 Å². The third kappa shape index (κ3) is 5.87. The van der Waals surface area contributed by atoms with Crippen molar-refractivity contribution >= 4 is 22.4 Å². The van der Waals surface area contributed by atoms with Crippen molar-refractivity contribution in [2.24, 2.45) is 17.6 Å². The second kappa shape index (κ2) is 8.86. The normalized spacial score (nSPS) is 13.7. The number of sulfonamides is 1. The van der Waals surface area contributed by atoms with E-state index in [0.717, 1.165) is 6.54 Å². The summed E-state index contributed by atoms with van der Waals surface area (Å²) in [6.45, 7) is 9.38. The summed E-state index contributed by atoms with van der Waals surface area (Å²) in [6.07, 6.45) is 3.80. The molecule has 1 unspecified atom stereocenters. The molecule has 1 atom stereocenters. The van der Waals surface area contributed by atoms with Crippen molar-refractivity contribution < 1.29 is 8.42 Å². The molecule has 2 N–H and O–H groups in total. The number of aromatic nitrogens is 2. The summed E-state index contributed by atoms with van der Waals surface area (Å²) < 4.78 is 28.0. The van der Waals surface area contributed by atoms with Gasteiger partial charge in [-0.3, -0.25) is 0 Å². The predicted octanol–water partition coefficient (Wildman–Crippen LogP) is 1.95. The Morgan fingerprint density at radius 2 is 1.91 bits per heavy atom. The Bertz CT molecular complexity index is 543. The van der Waals surface area contributed by atoms with Crippen molar-refractivity contribution in [2.75, 3.05) is 13.6 Å². The van der Waals surface area contributed by atoms with Crippen LogP contribution in [0, 0.1) is 11.8 Å². The number of nitrogens with zero attached hydrogens (tertiary/aromatic N) is 3. The van der Waals surface area contributed by atoms with Crippen LogP contribution in [0.3, 0.4) is 0 Å². The molecule has 0 spiro atoms. The molecule has 0 fully saturated rings. The Balaban J connectivity index is 0.00000441. The van der Waals surface area contributed by atoms with Crippen LogP contribution in [0.1, 0.15) is 34.1 Å². The van der Waals surface area contributed by atoms with Crippen molar-refractivity contribution in [2.45, 2.75) is 51.7 Å². The van der Waals surface area contributed by atoms with Gasteiger partial charge in [0.2, 0.25) is 0 Å². The van der Waals surface area contributed by atoms with Gasteiger partial charge < -0.3 is 10.3 Å². The monoisotopic (exact) mass is 352 g/mol. The average Bonchev–Trinajstić information content (AvgIpc) is 2.83. The highest BCUT2D eigenvalue weighted by atomic mass is 35.5. The molecule has 0 bridgehead atoms. The largest absolute Gasteiger partial charge is 0.336 e. The van der Waals surface area contributed by atoms with Crippen LogP contribution in [0.5, 0.6) is 0 Å². The van der Waals surface area contributed by atoms with Crippen molar-refractivity contribution in [3.05, 3.63) is 12.5 Å². The summed E-state index contributed by atoms with van der Waals surface area (Å²) in [5.74, 6) is 0.780. The van der Waals surface area contributed by atoms with E-state index in [0.29, 0.717) is 24.8 Å². The summed E-state index contributed by atoms with van der Waals surface area (Å²) >= 11 is 0. The summed E-state index contributed by atoms with van der Waals surface area (Å²) in [5.41, 5.74) is 5.96. The molecule has 1 heterocycles. The molecule has 0 aliphatic carbocycles. The van der Waals surface area contributed by atoms with Crippen molar-refractivity contribution in [3.8, 4) is 0 Å². The van der Waals surface area contributed by atoms with Crippen LogP contribution in [0.15, 0.2) is 17.6 Å². The lowest BCUT2D eigenvalue weighted by atomic mass is 10.0. The minimum atomic E-state index is -3.53. The Labute approximate surface area is 140 Å². The first kappa shape index (κ1) is 21.4. The molecule has 130 valence electrons. The Morgan fingerprint density at radius 1 is 1.32 bits per heavy atom. The van der Waals surface area contributed by atoms with Gasteiger partial charge in [0.05, 0.1) is 6.33 Å². The lowest BCUT2D eigenvalue weighted by Crippen LogP contribution is -2.34. The molecule has 0 aromatic carbocycles. The number of rotatable bonds is 8. The van der Waals surface area contributed by atoms with E-state index in [9.17, 15) is 8.42 Å². The van der Waals surface area contributed by atoms with Crippen LogP contribution < -0.4 is 5.73 Å². The van der Waals surface area contributed by atoms with E-state index in [1.54, 1.807) is 19.6 Å². The number of nitrogens with two attached hydrogens (primary N) is 1. The molecule has 0 amide bonds. The van der Waals surface area contributed by atoms with E-state index in [-0.39, 0.29) is 23.5 Å². The van der Waals surface area contributed by atoms with Crippen LogP contribution in [-0.4, -0.2) is 41.9 Å². The maximum Gasteiger partial charge on any atom is 0.261 e. The topological polar surface area (TPSA) is 81.2 Å². The van der Waals surface area contributed by atoms with E-state index in [1.807, 2.05) is 18.4 Å². The van der Waals surface area contributed by atoms with Gasteiger partial charge in [0, 0.05) is 32.4 Å². The zero-order valence-electron chi connectivity index (χ0n) is 14.1. The summed E-state index contributed by atoms with van der Waals surface area (Å²) in [6, 6.07) is 0.00106.